The van der Waals surface area contributed by atoms with Crippen LogP contribution < -0.4 is 21.4 Å². The average molecular weight is 509 g/mol. The Bertz CT molecular complexity index is 1200. The molecule has 0 heterocycles. The van der Waals surface area contributed by atoms with Crippen LogP contribution >= 0.6 is 11.6 Å². The summed E-state index contributed by atoms with van der Waals surface area (Å²) in [4.78, 5) is 24.0. The molecule has 2 atom stereocenters. The number of aliphatic hydroxyl groups is 1. The van der Waals surface area contributed by atoms with Crippen LogP contribution in [-0.2, 0) is 16.1 Å². The molecule has 0 aromatic heterocycles. The molecule has 3 aromatic rings. The Kier molecular flexibility index (Phi) is 9.61. The Morgan fingerprint density at radius 3 is 2.17 bits per heavy atom. The normalized spacial score (nSPS) is 12.3. The van der Waals surface area contributed by atoms with Gasteiger partial charge in [-0.3, -0.25) is 14.8 Å². The van der Waals surface area contributed by atoms with E-state index in [0.717, 1.165) is 22.3 Å². The highest BCUT2D eigenvalue weighted by atomic mass is 35.5. The molecule has 6 N–H and O–H groups in total. The van der Waals surface area contributed by atoms with Gasteiger partial charge >= 0.3 is 0 Å². The Hall–Kier alpha value is -3.69. The van der Waals surface area contributed by atoms with Gasteiger partial charge in [0.05, 0.1) is 12.6 Å². The summed E-state index contributed by atoms with van der Waals surface area (Å²) in [6.07, 6.45) is -1.04. The summed E-state index contributed by atoms with van der Waals surface area (Å²) in [6.45, 7) is 6.00. The highest BCUT2D eigenvalue weighted by molar-refractivity contribution is 6.31. The molecule has 0 aliphatic rings. The monoisotopic (exact) mass is 508 g/mol. The van der Waals surface area contributed by atoms with E-state index in [1.165, 1.54) is 12.4 Å². The smallest absolute Gasteiger partial charge is 0.268 e. The summed E-state index contributed by atoms with van der Waals surface area (Å²) >= 11 is 6.13. The van der Waals surface area contributed by atoms with E-state index in [1.54, 1.807) is 0 Å². The number of anilines is 1. The van der Waals surface area contributed by atoms with Gasteiger partial charge in [-0.2, -0.15) is 0 Å². The van der Waals surface area contributed by atoms with Crippen LogP contribution in [0.25, 0.3) is 16.8 Å². The number of amides is 2. The van der Waals surface area contributed by atoms with E-state index in [0.29, 0.717) is 23.0 Å². The number of halogens is 1. The van der Waals surface area contributed by atoms with Crippen molar-refractivity contribution in [3.05, 3.63) is 95.5 Å². The van der Waals surface area contributed by atoms with Gasteiger partial charge in [-0.1, -0.05) is 72.8 Å². The van der Waals surface area contributed by atoms with Crippen LogP contribution in [0.1, 0.15) is 18.1 Å². The SMILES string of the molecule is C=C(N[C@H](C(=O)NO)[C@@H](C)O)c1ccc(-c2ccc(NC(=O)CNCc3ccccc3Cl)cc2)cc1. The van der Waals surface area contributed by atoms with Gasteiger partial charge in [0.1, 0.15) is 6.04 Å². The first kappa shape index (κ1) is 26.9. The van der Waals surface area contributed by atoms with Gasteiger partial charge in [0.2, 0.25) is 5.91 Å². The number of hydrogen-bond acceptors (Lipinski definition) is 6. The van der Waals surface area contributed by atoms with E-state index in [4.69, 9.17) is 16.8 Å². The van der Waals surface area contributed by atoms with Crippen molar-refractivity contribution in [3.8, 4) is 11.1 Å². The van der Waals surface area contributed by atoms with Gasteiger partial charge in [0, 0.05) is 23.0 Å². The molecule has 0 bridgehead atoms. The maximum absolute atomic E-state index is 12.2. The summed E-state index contributed by atoms with van der Waals surface area (Å²) in [5.74, 6) is -0.915. The number of benzene rings is 3. The van der Waals surface area contributed by atoms with Crippen LogP contribution in [0.15, 0.2) is 79.4 Å². The second kappa shape index (κ2) is 12.9. The van der Waals surface area contributed by atoms with Crippen molar-refractivity contribution in [1.82, 2.24) is 16.1 Å². The predicted molar refractivity (Wildman–Crippen MR) is 141 cm³/mol. The van der Waals surface area contributed by atoms with E-state index in [-0.39, 0.29) is 12.5 Å². The topological polar surface area (TPSA) is 123 Å². The number of carbonyl (C=O) groups excluding carboxylic acids is 2. The quantitative estimate of drug-likeness (QED) is 0.174. The zero-order valence-electron chi connectivity index (χ0n) is 19.8. The molecule has 188 valence electrons. The molecule has 2 amide bonds. The maximum atomic E-state index is 12.2. The molecule has 0 saturated heterocycles. The van der Waals surface area contributed by atoms with Crippen LogP contribution in [0.5, 0.6) is 0 Å². The maximum Gasteiger partial charge on any atom is 0.268 e. The molecule has 0 spiro atoms. The summed E-state index contributed by atoms with van der Waals surface area (Å²) < 4.78 is 0. The molecule has 0 saturated carbocycles. The minimum absolute atomic E-state index is 0.155. The highest BCUT2D eigenvalue weighted by Crippen LogP contribution is 2.23. The highest BCUT2D eigenvalue weighted by Gasteiger charge is 2.23. The lowest BCUT2D eigenvalue weighted by Crippen LogP contribution is -2.48. The molecule has 9 heteroatoms. The number of carbonyl (C=O) groups is 2. The van der Waals surface area contributed by atoms with Crippen molar-refractivity contribution in [3.63, 3.8) is 0 Å². The first-order valence-electron chi connectivity index (χ1n) is 11.3. The van der Waals surface area contributed by atoms with E-state index in [2.05, 4.69) is 22.5 Å². The van der Waals surface area contributed by atoms with Crippen LogP contribution in [0.2, 0.25) is 5.02 Å². The van der Waals surface area contributed by atoms with Crippen molar-refractivity contribution in [2.45, 2.75) is 25.6 Å². The lowest BCUT2D eigenvalue weighted by Gasteiger charge is -2.22. The Morgan fingerprint density at radius 1 is 0.972 bits per heavy atom. The lowest BCUT2D eigenvalue weighted by molar-refractivity contribution is -0.133. The number of nitrogens with one attached hydrogen (secondary N) is 4. The van der Waals surface area contributed by atoms with Crippen LogP contribution in [0.4, 0.5) is 5.69 Å². The molecule has 0 aliphatic carbocycles. The lowest BCUT2D eigenvalue weighted by atomic mass is 10.0. The fourth-order valence-electron chi connectivity index (χ4n) is 3.51. The Balaban J connectivity index is 1.54. The van der Waals surface area contributed by atoms with Gasteiger partial charge < -0.3 is 21.1 Å². The third-order valence-corrected chi connectivity index (χ3v) is 5.87. The average Bonchev–Trinajstić information content (AvgIpc) is 2.88. The fourth-order valence-corrected chi connectivity index (χ4v) is 3.72. The number of hydroxylamine groups is 1. The second-order valence-electron chi connectivity index (χ2n) is 8.22. The summed E-state index contributed by atoms with van der Waals surface area (Å²) in [7, 11) is 0. The van der Waals surface area contributed by atoms with Crippen molar-refractivity contribution in [2.24, 2.45) is 0 Å². The largest absolute Gasteiger partial charge is 0.391 e. The van der Waals surface area contributed by atoms with Crippen LogP contribution in [0.3, 0.4) is 0 Å². The molecule has 3 rings (SSSR count). The van der Waals surface area contributed by atoms with Crippen molar-refractivity contribution >= 4 is 34.8 Å². The molecule has 36 heavy (non-hydrogen) atoms. The van der Waals surface area contributed by atoms with E-state index >= 15 is 0 Å². The van der Waals surface area contributed by atoms with Gasteiger partial charge in [0.25, 0.3) is 5.91 Å². The third kappa shape index (κ3) is 7.40. The Morgan fingerprint density at radius 2 is 1.58 bits per heavy atom. The van der Waals surface area contributed by atoms with Crippen LogP contribution in [-0.4, -0.2) is 40.8 Å². The van der Waals surface area contributed by atoms with Gasteiger partial charge in [-0.25, -0.2) is 5.48 Å². The number of hydrogen-bond donors (Lipinski definition) is 6. The summed E-state index contributed by atoms with van der Waals surface area (Å²) in [5, 5.41) is 28.0. The van der Waals surface area contributed by atoms with Gasteiger partial charge in [0.15, 0.2) is 0 Å². The molecular weight excluding hydrogens is 480 g/mol. The zero-order chi connectivity index (χ0) is 26.1. The first-order chi connectivity index (χ1) is 17.3. The first-order valence-corrected chi connectivity index (χ1v) is 11.7. The van der Waals surface area contributed by atoms with E-state index in [1.807, 2.05) is 72.8 Å². The standard InChI is InChI=1S/C27H29ClN4O4/c1-17(30-26(18(2)33)27(35)32-36)19-7-9-20(10-8-19)21-11-13-23(14-12-21)31-25(34)16-29-15-22-5-3-4-6-24(22)28/h3-14,18,26,29-30,33,36H,1,15-16H2,2H3,(H,31,34)(H,32,35)/t18-,26+/m1/s1. The number of aliphatic hydroxyl groups excluding tert-OH is 1. The van der Waals surface area contributed by atoms with E-state index in [9.17, 15) is 14.7 Å². The minimum atomic E-state index is -1.05. The summed E-state index contributed by atoms with van der Waals surface area (Å²) in [6, 6.07) is 21.4. The van der Waals surface area contributed by atoms with E-state index < -0.39 is 18.1 Å². The van der Waals surface area contributed by atoms with Crippen molar-refractivity contribution in [2.75, 3.05) is 11.9 Å². The fraction of sp³-hybridized carbons (Fsp3) is 0.185. The molecule has 0 aliphatic heterocycles. The molecule has 0 radical (unpaired) electrons. The van der Waals surface area contributed by atoms with Crippen molar-refractivity contribution < 1.29 is 19.9 Å². The van der Waals surface area contributed by atoms with Gasteiger partial charge in [-0.15, -0.1) is 0 Å². The number of rotatable bonds is 11. The summed E-state index contributed by atoms with van der Waals surface area (Å²) in [5.41, 5.74) is 6.20. The Labute approximate surface area is 215 Å². The van der Waals surface area contributed by atoms with Gasteiger partial charge in [-0.05, 0) is 47.4 Å². The predicted octanol–water partition coefficient (Wildman–Crippen LogP) is 3.55. The minimum Gasteiger partial charge on any atom is -0.391 e. The molecule has 0 fully saturated rings. The third-order valence-electron chi connectivity index (χ3n) is 5.50. The molecule has 8 nitrogen and oxygen atoms in total. The van der Waals surface area contributed by atoms with Crippen LogP contribution in [0, 0.1) is 0 Å². The zero-order valence-corrected chi connectivity index (χ0v) is 20.5. The molecular formula is C27H29ClN4O4. The molecule has 0 unspecified atom stereocenters. The van der Waals surface area contributed by atoms with Crippen molar-refractivity contribution in [1.29, 1.82) is 0 Å². The second-order valence-corrected chi connectivity index (χ2v) is 8.62. The molecule has 3 aromatic carbocycles.